The van der Waals surface area contributed by atoms with Gasteiger partial charge in [0.25, 0.3) is 0 Å². The zero-order valence-corrected chi connectivity index (χ0v) is 13.9. The Labute approximate surface area is 143 Å². The molecule has 114 valence electrons. The van der Waals surface area contributed by atoms with Gasteiger partial charge in [-0.25, -0.2) is 0 Å². The molecule has 4 heteroatoms. The van der Waals surface area contributed by atoms with Crippen LogP contribution in [0.25, 0.3) is 28.2 Å². The molecule has 0 aliphatic carbocycles. The number of allylic oxidation sites excluding steroid dienone is 1. The van der Waals surface area contributed by atoms with E-state index >= 15 is 0 Å². The van der Waals surface area contributed by atoms with Gasteiger partial charge in [0.15, 0.2) is 0 Å². The Hall–Kier alpha value is -2.59. The van der Waals surface area contributed by atoms with E-state index in [1.54, 1.807) is 18.3 Å². The predicted octanol–water partition coefficient (Wildman–Crippen LogP) is 5.46. The van der Waals surface area contributed by atoms with Crippen LogP contribution in [0.15, 0.2) is 77.0 Å². The van der Waals surface area contributed by atoms with Gasteiger partial charge in [-0.1, -0.05) is 30.8 Å². The highest BCUT2D eigenvalue weighted by atomic mass is 79.9. The van der Waals surface area contributed by atoms with Crippen LogP contribution in [-0.2, 0) is 0 Å². The molecular formula is C19H15BrN2O. The van der Waals surface area contributed by atoms with Crippen molar-refractivity contribution >= 4 is 39.2 Å². The van der Waals surface area contributed by atoms with Crippen molar-refractivity contribution in [3.8, 4) is 16.9 Å². The molecule has 3 rings (SSSR count). The quantitative estimate of drug-likeness (QED) is 0.611. The first-order valence-electron chi connectivity index (χ1n) is 7.09. The molecule has 3 aromatic rings. The monoisotopic (exact) mass is 366 g/mol. The number of hydrogen-bond acceptors (Lipinski definition) is 2. The number of aliphatic imine (C=N–C) groups is 1. The van der Waals surface area contributed by atoms with Gasteiger partial charge in [-0.15, -0.1) is 0 Å². The number of phenols is 1. The van der Waals surface area contributed by atoms with Crippen molar-refractivity contribution in [2.24, 2.45) is 4.99 Å². The summed E-state index contributed by atoms with van der Waals surface area (Å²) in [6, 6.07) is 13.5. The number of hydrogen-bond donors (Lipinski definition) is 1. The summed E-state index contributed by atoms with van der Waals surface area (Å²) < 4.78 is 3.08. The summed E-state index contributed by atoms with van der Waals surface area (Å²) in [7, 11) is 0. The Morgan fingerprint density at radius 1 is 1.09 bits per heavy atom. The average molecular weight is 367 g/mol. The fourth-order valence-electron chi connectivity index (χ4n) is 2.41. The second-order valence-electron chi connectivity index (χ2n) is 4.99. The Bertz CT molecular complexity index is 905. The Balaban J connectivity index is 2.07. The fraction of sp³-hybridized carbons (Fsp3) is 0. The Morgan fingerprint density at radius 2 is 1.83 bits per heavy atom. The summed E-state index contributed by atoms with van der Waals surface area (Å²) >= 11 is 3.59. The largest absolute Gasteiger partial charge is 0.508 e. The number of rotatable bonds is 4. The lowest BCUT2D eigenvalue weighted by Crippen LogP contribution is -1.84. The van der Waals surface area contributed by atoms with Gasteiger partial charge >= 0.3 is 0 Å². The van der Waals surface area contributed by atoms with E-state index in [-0.39, 0.29) is 5.75 Å². The maximum absolute atomic E-state index is 9.42. The molecule has 1 heterocycles. The van der Waals surface area contributed by atoms with E-state index in [1.807, 2.05) is 35.2 Å². The van der Waals surface area contributed by atoms with E-state index in [2.05, 4.69) is 45.7 Å². The lowest BCUT2D eigenvalue weighted by atomic mass is 10.0. The standard InChI is InChI=1S/C19H15BrN2O/c1-2-21-10-3-11-22-13-18(20)17-9-6-15(12-19(17)22)14-4-7-16(23)8-5-14/h2-13,23H,1H2/b11-3+,21-10?. The van der Waals surface area contributed by atoms with Crippen molar-refractivity contribution in [1.82, 2.24) is 4.57 Å². The van der Waals surface area contributed by atoms with Crippen LogP contribution in [0.1, 0.15) is 0 Å². The number of phenolic OH excluding ortho intramolecular Hbond substituents is 1. The van der Waals surface area contributed by atoms with Crippen molar-refractivity contribution in [3.63, 3.8) is 0 Å². The highest BCUT2D eigenvalue weighted by molar-refractivity contribution is 9.10. The van der Waals surface area contributed by atoms with Gasteiger partial charge in [0.1, 0.15) is 5.75 Å². The highest BCUT2D eigenvalue weighted by Gasteiger charge is 2.07. The van der Waals surface area contributed by atoms with Gasteiger partial charge in [0, 0.05) is 34.7 Å². The minimum Gasteiger partial charge on any atom is -0.508 e. The van der Waals surface area contributed by atoms with E-state index in [0.29, 0.717) is 0 Å². The van der Waals surface area contributed by atoms with Crippen LogP contribution in [0.5, 0.6) is 5.75 Å². The van der Waals surface area contributed by atoms with E-state index < -0.39 is 0 Å². The number of benzene rings is 2. The molecule has 0 spiro atoms. The highest BCUT2D eigenvalue weighted by Crippen LogP contribution is 2.31. The number of aromatic hydroxyl groups is 1. The molecular weight excluding hydrogens is 352 g/mol. The molecule has 1 N–H and O–H groups in total. The van der Waals surface area contributed by atoms with Crippen LogP contribution < -0.4 is 0 Å². The van der Waals surface area contributed by atoms with Crippen molar-refractivity contribution in [3.05, 3.63) is 72.0 Å². The van der Waals surface area contributed by atoms with Crippen molar-refractivity contribution in [1.29, 1.82) is 0 Å². The summed E-state index contributed by atoms with van der Waals surface area (Å²) in [5, 5.41) is 10.6. The van der Waals surface area contributed by atoms with Crippen molar-refractivity contribution < 1.29 is 5.11 Å². The molecule has 0 saturated heterocycles. The van der Waals surface area contributed by atoms with Crippen LogP contribution in [0, 0.1) is 0 Å². The minimum atomic E-state index is 0.269. The second kappa shape index (κ2) is 6.67. The zero-order chi connectivity index (χ0) is 16.2. The molecule has 0 bridgehead atoms. The van der Waals surface area contributed by atoms with E-state index in [9.17, 15) is 5.11 Å². The lowest BCUT2D eigenvalue weighted by Gasteiger charge is -2.04. The lowest BCUT2D eigenvalue weighted by molar-refractivity contribution is 0.475. The predicted molar refractivity (Wildman–Crippen MR) is 101 cm³/mol. The third kappa shape index (κ3) is 3.27. The molecule has 3 nitrogen and oxygen atoms in total. The number of nitrogens with zero attached hydrogens (tertiary/aromatic N) is 2. The maximum Gasteiger partial charge on any atom is 0.115 e. The molecule has 0 atom stereocenters. The fourth-order valence-corrected chi connectivity index (χ4v) is 2.96. The van der Waals surface area contributed by atoms with Crippen LogP contribution in [0.4, 0.5) is 0 Å². The van der Waals surface area contributed by atoms with Gasteiger partial charge in [-0.3, -0.25) is 4.99 Å². The summed E-state index contributed by atoms with van der Waals surface area (Å²) in [6.07, 6.45) is 9.01. The summed E-state index contributed by atoms with van der Waals surface area (Å²) in [6.45, 7) is 3.55. The van der Waals surface area contributed by atoms with Gasteiger partial charge in [0.05, 0.1) is 5.52 Å². The maximum atomic E-state index is 9.42. The van der Waals surface area contributed by atoms with Crippen LogP contribution in [-0.4, -0.2) is 15.9 Å². The summed E-state index contributed by atoms with van der Waals surface area (Å²) in [5.41, 5.74) is 3.24. The number of aromatic nitrogens is 1. The van der Waals surface area contributed by atoms with Gasteiger partial charge < -0.3 is 9.67 Å². The van der Waals surface area contributed by atoms with E-state index in [0.717, 1.165) is 26.5 Å². The third-order valence-corrected chi connectivity index (χ3v) is 4.14. The summed E-state index contributed by atoms with van der Waals surface area (Å²) in [5.74, 6) is 0.269. The SMILES string of the molecule is C=CN=C/C=C/n1cc(Br)c2ccc(-c3ccc(O)cc3)cc21. The molecule has 2 aromatic carbocycles. The van der Waals surface area contributed by atoms with Gasteiger partial charge in [-0.2, -0.15) is 0 Å². The van der Waals surface area contributed by atoms with E-state index in [4.69, 9.17) is 0 Å². The first-order valence-corrected chi connectivity index (χ1v) is 7.88. The number of fused-ring (bicyclic) bond motifs is 1. The molecule has 0 aliphatic rings. The Morgan fingerprint density at radius 3 is 2.57 bits per heavy atom. The molecule has 23 heavy (non-hydrogen) atoms. The molecule has 1 aromatic heterocycles. The minimum absolute atomic E-state index is 0.269. The van der Waals surface area contributed by atoms with Gasteiger partial charge in [-0.05, 0) is 51.3 Å². The first-order chi connectivity index (χ1) is 11.2. The normalized spacial score (nSPS) is 11.7. The topological polar surface area (TPSA) is 37.5 Å². The number of halogens is 1. The molecule has 0 unspecified atom stereocenters. The molecule has 0 aliphatic heterocycles. The van der Waals surface area contributed by atoms with Crippen molar-refractivity contribution in [2.45, 2.75) is 0 Å². The summed E-state index contributed by atoms with van der Waals surface area (Å²) in [4.78, 5) is 3.95. The average Bonchev–Trinajstić information content (AvgIpc) is 2.88. The third-order valence-electron chi connectivity index (χ3n) is 3.51. The molecule has 0 radical (unpaired) electrons. The van der Waals surface area contributed by atoms with Crippen LogP contribution >= 0.6 is 15.9 Å². The van der Waals surface area contributed by atoms with E-state index in [1.165, 1.54) is 6.20 Å². The molecule has 0 saturated carbocycles. The second-order valence-corrected chi connectivity index (χ2v) is 5.84. The first kappa shape index (κ1) is 15.3. The van der Waals surface area contributed by atoms with Crippen LogP contribution in [0.3, 0.4) is 0 Å². The molecule has 0 fully saturated rings. The van der Waals surface area contributed by atoms with Crippen molar-refractivity contribution in [2.75, 3.05) is 0 Å². The zero-order valence-electron chi connectivity index (χ0n) is 12.4. The smallest absolute Gasteiger partial charge is 0.115 e. The van der Waals surface area contributed by atoms with Crippen LogP contribution in [0.2, 0.25) is 0 Å². The van der Waals surface area contributed by atoms with Gasteiger partial charge in [0.2, 0.25) is 0 Å². The molecule has 0 amide bonds. The Kier molecular flexibility index (Phi) is 4.44.